The Kier molecular flexibility index (Phi) is 6.30. The van der Waals surface area contributed by atoms with Crippen LogP contribution < -0.4 is 14.5 Å². The molecule has 2 aromatic carbocycles. The molecule has 2 aromatic rings. The first kappa shape index (κ1) is 25.7. The highest BCUT2D eigenvalue weighted by Gasteiger charge is 2.66. The van der Waals surface area contributed by atoms with Crippen LogP contribution in [-0.2, 0) is 19.2 Å². The maximum atomic E-state index is 13.4. The topological polar surface area (TPSA) is 84.0 Å². The van der Waals surface area contributed by atoms with Crippen LogP contribution in [0.2, 0.25) is 0 Å². The van der Waals surface area contributed by atoms with Crippen molar-refractivity contribution in [1.29, 1.82) is 0 Å². The fourth-order valence-electron chi connectivity index (χ4n) is 7.04. The Morgan fingerprint density at radius 2 is 1.50 bits per heavy atom. The molecule has 0 spiro atoms. The molecule has 0 radical (unpaired) electrons. The van der Waals surface area contributed by atoms with Gasteiger partial charge in [0.25, 0.3) is 0 Å². The lowest BCUT2D eigenvalue weighted by Crippen LogP contribution is -2.37. The monoisotopic (exact) mass is 642 g/mol. The summed E-state index contributed by atoms with van der Waals surface area (Å²) in [6.07, 6.45) is 0.972. The number of fused-ring (bicyclic) bond motifs is 5. The van der Waals surface area contributed by atoms with E-state index < -0.39 is 11.9 Å². The number of para-hydroxylation sites is 1. The number of alkyl halides is 2. The van der Waals surface area contributed by atoms with Gasteiger partial charge in [0.15, 0.2) is 0 Å². The van der Waals surface area contributed by atoms with Crippen molar-refractivity contribution < 1.29 is 23.9 Å². The average Bonchev–Trinajstić information content (AvgIpc) is 3.58. The molecule has 7 nitrogen and oxygen atoms in total. The minimum absolute atomic E-state index is 0.0920. The largest absolute Gasteiger partial charge is 0.426 e. The van der Waals surface area contributed by atoms with Crippen molar-refractivity contribution >= 4 is 66.9 Å². The number of halogens is 2. The minimum atomic E-state index is -0.576. The Morgan fingerprint density at radius 3 is 2.08 bits per heavy atom. The maximum Gasteiger partial charge on any atom is 0.316 e. The van der Waals surface area contributed by atoms with Crippen LogP contribution in [0.15, 0.2) is 36.4 Å². The van der Waals surface area contributed by atoms with E-state index in [9.17, 15) is 19.2 Å². The maximum absolute atomic E-state index is 13.4. The number of amides is 3. The molecule has 0 N–H and O–H groups in total. The number of hydrogen-bond acceptors (Lipinski definition) is 5. The molecule has 38 heavy (non-hydrogen) atoms. The van der Waals surface area contributed by atoms with Crippen molar-refractivity contribution in [2.75, 3.05) is 16.3 Å². The van der Waals surface area contributed by atoms with Crippen LogP contribution >= 0.6 is 31.9 Å². The van der Waals surface area contributed by atoms with E-state index in [1.807, 2.05) is 32.0 Å². The van der Waals surface area contributed by atoms with E-state index in [0.29, 0.717) is 17.0 Å². The van der Waals surface area contributed by atoms with Gasteiger partial charge in [-0.2, -0.15) is 0 Å². The highest BCUT2D eigenvalue weighted by molar-refractivity contribution is 9.12. The summed E-state index contributed by atoms with van der Waals surface area (Å²) in [7, 11) is 0. The van der Waals surface area contributed by atoms with Crippen LogP contribution in [0.5, 0.6) is 5.75 Å². The third kappa shape index (κ3) is 3.79. The van der Waals surface area contributed by atoms with Crippen LogP contribution in [0.3, 0.4) is 0 Å². The molecule has 0 aromatic heterocycles. The molecule has 3 amide bonds. The highest BCUT2D eigenvalue weighted by atomic mass is 79.9. The predicted molar refractivity (Wildman–Crippen MR) is 150 cm³/mol. The quantitative estimate of drug-likeness (QED) is 0.206. The van der Waals surface area contributed by atoms with Crippen molar-refractivity contribution in [3.05, 3.63) is 53.1 Å². The van der Waals surface area contributed by atoms with E-state index in [1.54, 1.807) is 30.0 Å². The van der Waals surface area contributed by atoms with Crippen LogP contribution in [-0.4, -0.2) is 39.9 Å². The number of rotatable bonds is 4. The fraction of sp³-hybridized carbons (Fsp3) is 0.448. The van der Waals surface area contributed by atoms with Gasteiger partial charge in [-0.3, -0.25) is 19.2 Å². The van der Waals surface area contributed by atoms with Crippen molar-refractivity contribution in [3.63, 3.8) is 0 Å². The first-order valence-corrected chi connectivity index (χ1v) is 14.8. The molecule has 2 aliphatic heterocycles. The van der Waals surface area contributed by atoms with E-state index >= 15 is 0 Å². The second-order valence-corrected chi connectivity index (χ2v) is 13.1. The van der Waals surface area contributed by atoms with Gasteiger partial charge in [0.2, 0.25) is 17.7 Å². The molecule has 2 heterocycles. The number of benzene rings is 2. The second-order valence-electron chi connectivity index (χ2n) is 11.0. The van der Waals surface area contributed by atoms with Crippen molar-refractivity contribution in [2.45, 2.75) is 43.3 Å². The zero-order valence-electron chi connectivity index (χ0n) is 21.3. The predicted octanol–water partition coefficient (Wildman–Crippen LogP) is 4.85. The molecule has 9 heteroatoms. The highest BCUT2D eigenvalue weighted by Crippen LogP contribution is 2.60. The summed E-state index contributed by atoms with van der Waals surface area (Å²) in [5, 5.41) is 0. The summed E-state index contributed by atoms with van der Waals surface area (Å²) < 4.78 is 5.67. The molecular formula is C29H28Br2N2O5. The van der Waals surface area contributed by atoms with Gasteiger partial charge in [0, 0.05) is 28.3 Å². The first-order chi connectivity index (χ1) is 18.1. The molecule has 4 aliphatic rings. The van der Waals surface area contributed by atoms with Crippen LogP contribution in [0.25, 0.3) is 0 Å². The van der Waals surface area contributed by atoms with Gasteiger partial charge >= 0.3 is 5.97 Å². The molecule has 198 valence electrons. The lowest BCUT2D eigenvalue weighted by atomic mass is 9.81. The molecule has 7 atom stereocenters. The molecular weight excluding hydrogens is 616 g/mol. The van der Waals surface area contributed by atoms with Crippen molar-refractivity contribution in [2.24, 2.45) is 29.6 Å². The van der Waals surface area contributed by atoms with Gasteiger partial charge in [-0.15, -0.1) is 0 Å². The summed E-state index contributed by atoms with van der Waals surface area (Å²) >= 11 is 7.44. The van der Waals surface area contributed by atoms with E-state index in [-0.39, 0.29) is 64.0 Å². The molecule has 2 saturated carbocycles. The Morgan fingerprint density at radius 1 is 0.895 bits per heavy atom. The van der Waals surface area contributed by atoms with Crippen LogP contribution in [0.1, 0.15) is 29.5 Å². The number of anilines is 2. The summed E-state index contributed by atoms with van der Waals surface area (Å²) in [6.45, 7) is 5.98. The normalized spacial score (nSPS) is 31.9. The summed E-state index contributed by atoms with van der Waals surface area (Å²) in [5.41, 5.74) is 4.03. The van der Waals surface area contributed by atoms with E-state index in [4.69, 9.17) is 4.74 Å². The lowest BCUT2D eigenvalue weighted by Gasteiger charge is -2.28. The molecule has 4 fully saturated rings. The van der Waals surface area contributed by atoms with Gasteiger partial charge < -0.3 is 9.64 Å². The van der Waals surface area contributed by atoms with E-state index in [0.717, 1.165) is 23.2 Å². The summed E-state index contributed by atoms with van der Waals surface area (Å²) in [4.78, 5) is 56.0. The number of imide groups is 1. The molecule has 0 unspecified atom stereocenters. The smallest absolute Gasteiger partial charge is 0.316 e. The number of hydrogen-bond donors (Lipinski definition) is 0. The van der Waals surface area contributed by atoms with Gasteiger partial charge in [-0.1, -0.05) is 50.1 Å². The summed E-state index contributed by atoms with van der Waals surface area (Å²) in [5.74, 6) is -1.38. The van der Waals surface area contributed by atoms with Crippen molar-refractivity contribution in [1.82, 2.24) is 0 Å². The fourth-order valence-corrected chi connectivity index (χ4v) is 8.91. The van der Waals surface area contributed by atoms with Gasteiger partial charge in [-0.25, -0.2) is 4.90 Å². The number of esters is 1. The molecule has 6 rings (SSSR count). The van der Waals surface area contributed by atoms with E-state index in [1.165, 1.54) is 4.90 Å². The van der Waals surface area contributed by atoms with Gasteiger partial charge in [0.1, 0.15) is 5.75 Å². The van der Waals surface area contributed by atoms with Crippen molar-refractivity contribution in [3.8, 4) is 5.75 Å². The third-order valence-corrected chi connectivity index (χ3v) is 12.0. The number of nitrogens with zero attached hydrogens (tertiary/aromatic N) is 2. The Labute approximate surface area is 238 Å². The third-order valence-electron chi connectivity index (χ3n) is 8.78. The lowest BCUT2D eigenvalue weighted by molar-refractivity contribution is -0.139. The number of aryl methyl sites for hydroxylation is 3. The number of carbonyl (C=O) groups is 4. The van der Waals surface area contributed by atoms with Crippen LogP contribution in [0, 0.1) is 50.4 Å². The Balaban J connectivity index is 1.17. The van der Waals surface area contributed by atoms with Gasteiger partial charge in [-0.05, 0) is 73.9 Å². The Hall–Kier alpha value is -2.52. The zero-order chi connectivity index (χ0) is 27.0. The average molecular weight is 644 g/mol. The summed E-state index contributed by atoms with van der Waals surface area (Å²) in [6, 6.07) is 10.8. The number of ether oxygens (including phenoxy) is 1. The van der Waals surface area contributed by atoms with Crippen LogP contribution in [0.4, 0.5) is 11.4 Å². The SMILES string of the molecule is Cc1cc(OC(=O)[C@@H]2CC(=O)N(c3c(C)cccc3C)C2)ccc1N1C(=O)[C@@H]2[C@H]3C[C@@H]([C@@H](Br)[C@H]3Br)[C@H]2C1=O. The second kappa shape index (κ2) is 9.30. The molecule has 2 bridgehead atoms. The van der Waals surface area contributed by atoms with E-state index in [2.05, 4.69) is 31.9 Å². The first-order valence-electron chi connectivity index (χ1n) is 12.9. The zero-order valence-corrected chi connectivity index (χ0v) is 24.5. The Bertz CT molecular complexity index is 1340. The molecule has 2 saturated heterocycles. The standard InChI is InChI=1S/C29H28Br2N2O5/c1-13-5-4-6-14(2)26(13)32-12-16(10-21(32)34)29(37)38-17-7-8-20(15(3)9-17)33-27(35)22-18-11-19(23(22)28(33)36)25(31)24(18)30/h4-9,16,18-19,22-25H,10-12H2,1-3H3/t16-,18-,19-,22-,23-,24-,25+/m1/s1. The molecule has 2 aliphatic carbocycles. The minimum Gasteiger partial charge on any atom is -0.426 e. The van der Waals surface area contributed by atoms with Gasteiger partial charge in [0.05, 0.1) is 23.4 Å². The number of carbonyl (C=O) groups excluding carboxylic acids is 4.